The SMILES string of the molecule is CCC1(c2cc(F)c(OC)c([C@@H](C(=O)O)N3CC[C@@H](OCCCCCc4cc(OC)c5c(n4)NCCC5)C3)c2)CC1. The van der Waals surface area contributed by atoms with Crippen LogP contribution in [0.15, 0.2) is 18.2 Å². The van der Waals surface area contributed by atoms with E-state index in [0.29, 0.717) is 25.3 Å². The molecule has 2 fully saturated rings. The fourth-order valence-corrected chi connectivity index (χ4v) is 6.55. The highest BCUT2D eigenvalue weighted by Crippen LogP contribution is 2.52. The third kappa shape index (κ3) is 6.46. The van der Waals surface area contributed by atoms with Crippen molar-refractivity contribution in [3.05, 3.63) is 46.4 Å². The minimum absolute atomic E-state index is 0.0271. The van der Waals surface area contributed by atoms with Crippen LogP contribution in [0.3, 0.4) is 0 Å². The number of pyridine rings is 1. The average Bonchev–Trinajstić information content (AvgIpc) is 3.65. The van der Waals surface area contributed by atoms with Gasteiger partial charge in [0, 0.05) is 49.1 Å². The highest BCUT2D eigenvalue weighted by Gasteiger charge is 2.44. The van der Waals surface area contributed by atoms with E-state index in [1.165, 1.54) is 18.7 Å². The molecule has 3 aliphatic rings. The van der Waals surface area contributed by atoms with Gasteiger partial charge in [0.05, 0.1) is 20.3 Å². The summed E-state index contributed by atoms with van der Waals surface area (Å²) in [6.07, 6.45) is 9.56. The third-order valence-corrected chi connectivity index (χ3v) is 9.17. The Labute approximate surface area is 242 Å². The standard InChI is InChI=1S/C32H44FN3O5/c1-4-32(12-13-32)21-17-25(29(40-3)26(33)18-21)28(31(37)38)36-15-11-23(20-36)41-16-7-5-6-9-22-19-27(39-2)24-10-8-14-34-30(24)35-22/h17-19,23,28H,4-16,20H2,1-3H3,(H,34,35)(H,37,38)/t23-,28+/m1/s1. The molecule has 2 atom stereocenters. The number of rotatable bonds is 14. The number of aryl methyl sites for hydroxylation is 1. The van der Waals surface area contributed by atoms with Crippen molar-refractivity contribution in [2.75, 3.05) is 45.8 Å². The molecule has 0 amide bonds. The Kier molecular flexibility index (Phi) is 9.34. The molecular formula is C32H44FN3O5. The van der Waals surface area contributed by atoms with Crippen LogP contribution in [-0.2, 0) is 27.8 Å². The van der Waals surface area contributed by atoms with Gasteiger partial charge >= 0.3 is 5.97 Å². The summed E-state index contributed by atoms with van der Waals surface area (Å²) in [6, 6.07) is 4.49. The number of likely N-dealkylation sites (tertiary alicyclic amines) is 1. The van der Waals surface area contributed by atoms with Crippen LogP contribution in [0.5, 0.6) is 11.5 Å². The van der Waals surface area contributed by atoms with Crippen molar-refractivity contribution in [1.82, 2.24) is 9.88 Å². The van der Waals surface area contributed by atoms with E-state index in [1.54, 1.807) is 7.11 Å². The molecular weight excluding hydrogens is 525 g/mol. The smallest absolute Gasteiger partial charge is 0.325 e. The number of nitrogens with one attached hydrogen (secondary N) is 1. The number of carboxylic acids is 1. The first-order valence-corrected chi connectivity index (χ1v) is 15.2. The van der Waals surface area contributed by atoms with Crippen LogP contribution >= 0.6 is 0 Å². The molecule has 3 heterocycles. The van der Waals surface area contributed by atoms with Crippen molar-refractivity contribution in [3.8, 4) is 11.5 Å². The molecule has 1 saturated heterocycles. The summed E-state index contributed by atoms with van der Waals surface area (Å²) < 4.78 is 32.3. The van der Waals surface area contributed by atoms with E-state index in [-0.39, 0.29) is 17.3 Å². The molecule has 0 bridgehead atoms. The average molecular weight is 570 g/mol. The normalized spacial score (nSPS) is 20.2. The Hall–Kier alpha value is -2.91. The number of unbranched alkanes of at least 4 members (excludes halogenated alkanes) is 2. The number of aromatic nitrogens is 1. The van der Waals surface area contributed by atoms with Crippen LogP contribution < -0.4 is 14.8 Å². The zero-order valence-corrected chi connectivity index (χ0v) is 24.6. The number of aliphatic carboxylic acids is 1. The lowest BCUT2D eigenvalue weighted by Crippen LogP contribution is -2.34. The van der Waals surface area contributed by atoms with Gasteiger partial charge in [0.2, 0.25) is 0 Å². The number of hydrogen-bond donors (Lipinski definition) is 2. The van der Waals surface area contributed by atoms with E-state index in [2.05, 4.69) is 18.3 Å². The van der Waals surface area contributed by atoms with Gasteiger partial charge in [0.25, 0.3) is 0 Å². The molecule has 9 heteroatoms. The lowest BCUT2D eigenvalue weighted by Gasteiger charge is -2.27. The van der Waals surface area contributed by atoms with Gasteiger partial charge in [-0.25, -0.2) is 9.37 Å². The summed E-state index contributed by atoms with van der Waals surface area (Å²) in [5.74, 6) is 0.432. The Morgan fingerprint density at radius 3 is 2.76 bits per heavy atom. The molecule has 0 radical (unpaired) electrons. The lowest BCUT2D eigenvalue weighted by atomic mass is 9.89. The molecule has 1 aromatic heterocycles. The molecule has 0 spiro atoms. The van der Waals surface area contributed by atoms with E-state index in [9.17, 15) is 9.90 Å². The largest absolute Gasteiger partial charge is 0.496 e. The van der Waals surface area contributed by atoms with Gasteiger partial charge in [-0.05, 0) is 80.9 Å². The first-order chi connectivity index (χ1) is 19.9. The maximum absolute atomic E-state index is 15.1. The first kappa shape index (κ1) is 29.6. The summed E-state index contributed by atoms with van der Waals surface area (Å²) in [4.78, 5) is 19.2. The van der Waals surface area contributed by atoms with Gasteiger partial charge in [0.15, 0.2) is 11.6 Å². The number of ether oxygens (including phenoxy) is 3. The van der Waals surface area contributed by atoms with Crippen LogP contribution in [0.1, 0.15) is 86.7 Å². The monoisotopic (exact) mass is 569 g/mol. The molecule has 2 aliphatic heterocycles. The summed E-state index contributed by atoms with van der Waals surface area (Å²) in [5, 5.41) is 13.6. The number of halogens is 1. The topological polar surface area (TPSA) is 93.2 Å². The Morgan fingerprint density at radius 1 is 1.22 bits per heavy atom. The summed E-state index contributed by atoms with van der Waals surface area (Å²) in [6.45, 7) is 4.76. The van der Waals surface area contributed by atoms with E-state index in [1.807, 2.05) is 11.0 Å². The molecule has 1 aliphatic carbocycles. The fraction of sp³-hybridized carbons (Fsp3) is 0.625. The summed E-state index contributed by atoms with van der Waals surface area (Å²) >= 11 is 0. The molecule has 0 unspecified atom stereocenters. The lowest BCUT2D eigenvalue weighted by molar-refractivity contribution is -0.143. The Bertz CT molecular complexity index is 1220. The van der Waals surface area contributed by atoms with Crippen LogP contribution in [0.4, 0.5) is 10.2 Å². The second-order valence-corrected chi connectivity index (χ2v) is 11.7. The fourth-order valence-electron chi connectivity index (χ4n) is 6.55. The minimum Gasteiger partial charge on any atom is -0.496 e. The Morgan fingerprint density at radius 2 is 2.05 bits per heavy atom. The summed E-state index contributed by atoms with van der Waals surface area (Å²) in [5.41, 5.74) is 3.46. The van der Waals surface area contributed by atoms with Crippen molar-refractivity contribution >= 4 is 11.8 Å². The maximum Gasteiger partial charge on any atom is 0.325 e. The molecule has 41 heavy (non-hydrogen) atoms. The van der Waals surface area contributed by atoms with Crippen LogP contribution in [0.2, 0.25) is 0 Å². The van der Waals surface area contributed by atoms with Crippen LogP contribution in [0, 0.1) is 5.82 Å². The van der Waals surface area contributed by atoms with Gasteiger partial charge in [-0.1, -0.05) is 13.3 Å². The van der Waals surface area contributed by atoms with E-state index in [0.717, 1.165) is 93.6 Å². The van der Waals surface area contributed by atoms with Crippen LogP contribution in [-0.4, -0.2) is 67.5 Å². The van der Waals surface area contributed by atoms with Crippen molar-refractivity contribution in [3.63, 3.8) is 0 Å². The van der Waals surface area contributed by atoms with Crippen molar-refractivity contribution < 1.29 is 28.5 Å². The minimum atomic E-state index is -0.996. The second-order valence-electron chi connectivity index (χ2n) is 11.7. The number of anilines is 1. The number of fused-ring (bicyclic) bond motifs is 1. The number of hydrogen-bond acceptors (Lipinski definition) is 7. The van der Waals surface area contributed by atoms with E-state index < -0.39 is 17.8 Å². The highest BCUT2D eigenvalue weighted by atomic mass is 19.1. The predicted octanol–water partition coefficient (Wildman–Crippen LogP) is 5.67. The van der Waals surface area contributed by atoms with Crippen molar-refractivity contribution in [2.24, 2.45) is 0 Å². The second kappa shape index (κ2) is 12.9. The van der Waals surface area contributed by atoms with Crippen molar-refractivity contribution in [1.29, 1.82) is 0 Å². The molecule has 2 N–H and O–H groups in total. The maximum atomic E-state index is 15.1. The number of benzene rings is 1. The van der Waals surface area contributed by atoms with E-state index in [4.69, 9.17) is 19.2 Å². The van der Waals surface area contributed by atoms with Crippen LogP contribution in [0.25, 0.3) is 0 Å². The molecule has 1 aromatic carbocycles. The third-order valence-electron chi connectivity index (χ3n) is 9.17. The molecule has 5 rings (SSSR count). The molecule has 8 nitrogen and oxygen atoms in total. The molecule has 1 saturated carbocycles. The highest BCUT2D eigenvalue weighted by molar-refractivity contribution is 5.77. The number of nitrogens with zero attached hydrogens (tertiary/aromatic N) is 2. The van der Waals surface area contributed by atoms with Crippen molar-refractivity contribution in [2.45, 2.75) is 88.7 Å². The predicted molar refractivity (Wildman–Crippen MR) is 156 cm³/mol. The number of methoxy groups -OCH3 is 2. The summed E-state index contributed by atoms with van der Waals surface area (Å²) in [7, 11) is 3.12. The first-order valence-electron chi connectivity index (χ1n) is 15.2. The van der Waals surface area contributed by atoms with Gasteiger partial charge in [-0.15, -0.1) is 0 Å². The van der Waals surface area contributed by atoms with Gasteiger partial charge < -0.3 is 24.6 Å². The van der Waals surface area contributed by atoms with Gasteiger partial charge in [-0.3, -0.25) is 9.69 Å². The quantitative estimate of drug-likeness (QED) is 0.281. The number of carbonyl (C=O) groups is 1. The van der Waals surface area contributed by atoms with Gasteiger partial charge in [0.1, 0.15) is 17.6 Å². The molecule has 224 valence electrons. The molecule has 2 aromatic rings. The van der Waals surface area contributed by atoms with Gasteiger partial charge in [-0.2, -0.15) is 0 Å². The number of carboxylic acid groups (broad SMARTS) is 1. The Balaban J connectivity index is 1.13. The zero-order valence-electron chi connectivity index (χ0n) is 24.6. The van der Waals surface area contributed by atoms with E-state index >= 15 is 4.39 Å². The zero-order chi connectivity index (χ0) is 29.0.